The summed E-state index contributed by atoms with van der Waals surface area (Å²) in [5.41, 5.74) is -0.284. The van der Waals surface area contributed by atoms with Crippen LogP contribution >= 0.6 is 0 Å². The van der Waals surface area contributed by atoms with Gasteiger partial charge in [-0.05, 0) is 32.9 Å². The van der Waals surface area contributed by atoms with E-state index >= 15 is 0 Å². The highest BCUT2D eigenvalue weighted by molar-refractivity contribution is 5.98. The van der Waals surface area contributed by atoms with Crippen molar-refractivity contribution in [3.63, 3.8) is 0 Å². The van der Waals surface area contributed by atoms with Crippen LogP contribution in [0.3, 0.4) is 0 Å². The van der Waals surface area contributed by atoms with Gasteiger partial charge in [0, 0.05) is 6.07 Å². The van der Waals surface area contributed by atoms with Crippen LogP contribution in [0.2, 0.25) is 0 Å². The van der Waals surface area contributed by atoms with Gasteiger partial charge >= 0.3 is 0 Å². The molecule has 0 bridgehead atoms. The standard InChI is InChI=1S/C13H15NO4/c1-8(15)7-17-9-4-5-10-11(6-9)18-13(2,3)14-12(10)16/h4-6H,7H2,1-3H3,(H,14,16). The third kappa shape index (κ3) is 2.61. The highest BCUT2D eigenvalue weighted by Crippen LogP contribution is 2.31. The average Bonchev–Trinajstić information content (AvgIpc) is 2.24. The number of hydrogen-bond acceptors (Lipinski definition) is 4. The van der Waals surface area contributed by atoms with Crippen molar-refractivity contribution in [3.8, 4) is 11.5 Å². The molecular weight excluding hydrogens is 234 g/mol. The SMILES string of the molecule is CC(=O)COc1ccc2c(c1)OC(C)(C)NC2=O. The van der Waals surface area contributed by atoms with Crippen molar-refractivity contribution in [2.75, 3.05) is 6.61 Å². The van der Waals surface area contributed by atoms with E-state index in [-0.39, 0.29) is 18.3 Å². The molecule has 0 saturated heterocycles. The quantitative estimate of drug-likeness (QED) is 0.882. The summed E-state index contributed by atoms with van der Waals surface area (Å²) in [6, 6.07) is 4.89. The fourth-order valence-electron chi connectivity index (χ4n) is 1.69. The Labute approximate surface area is 105 Å². The molecule has 18 heavy (non-hydrogen) atoms. The zero-order valence-electron chi connectivity index (χ0n) is 10.6. The van der Waals surface area contributed by atoms with Crippen molar-refractivity contribution < 1.29 is 19.1 Å². The first kappa shape index (κ1) is 12.4. The molecule has 0 atom stereocenters. The molecule has 0 fully saturated rings. The highest BCUT2D eigenvalue weighted by atomic mass is 16.5. The van der Waals surface area contributed by atoms with Crippen molar-refractivity contribution in [1.29, 1.82) is 0 Å². The van der Waals surface area contributed by atoms with Gasteiger partial charge in [0.2, 0.25) is 0 Å². The van der Waals surface area contributed by atoms with E-state index in [1.807, 2.05) is 0 Å². The molecule has 5 heteroatoms. The van der Waals surface area contributed by atoms with E-state index in [1.54, 1.807) is 32.0 Å². The van der Waals surface area contributed by atoms with E-state index in [4.69, 9.17) is 9.47 Å². The summed E-state index contributed by atoms with van der Waals surface area (Å²) in [6.07, 6.45) is 0. The highest BCUT2D eigenvalue weighted by Gasteiger charge is 2.31. The minimum atomic E-state index is -0.747. The summed E-state index contributed by atoms with van der Waals surface area (Å²) >= 11 is 0. The molecule has 1 aliphatic heterocycles. The van der Waals surface area contributed by atoms with Gasteiger partial charge in [0.25, 0.3) is 5.91 Å². The number of hydrogen-bond donors (Lipinski definition) is 1. The molecule has 2 rings (SSSR count). The molecule has 0 radical (unpaired) electrons. The van der Waals surface area contributed by atoms with E-state index in [1.165, 1.54) is 6.92 Å². The van der Waals surface area contributed by atoms with Crippen LogP contribution in [0.25, 0.3) is 0 Å². The number of carbonyl (C=O) groups is 2. The number of ketones is 1. The van der Waals surface area contributed by atoms with Gasteiger partial charge in [0.05, 0.1) is 5.56 Å². The number of nitrogens with one attached hydrogen (secondary N) is 1. The number of ether oxygens (including phenoxy) is 2. The summed E-state index contributed by atoms with van der Waals surface area (Å²) in [6.45, 7) is 4.98. The third-order valence-corrected chi connectivity index (χ3v) is 2.42. The van der Waals surface area contributed by atoms with Crippen LogP contribution in [0, 0.1) is 0 Å². The summed E-state index contributed by atoms with van der Waals surface area (Å²) in [4.78, 5) is 22.6. The second-order valence-corrected chi connectivity index (χ2v) is 4.72. The van der Waals surface area contributed by atoms with Crippen molar-refractivity contribution in [2.24, 2.45) is 0 Å². The zero-order valence-corrected chi connectivity index (χ0v) is 10.6. The van der Waals surface area contributed by atoms with Gasteiger partial charge in [-0.1, -0.05) is 0 Å². The van der Waals surface area contributed by atoms with Gasteiger partial charge in [-0.2, -0.15) is 0 Å². The smallest absolute Gasteiger partial charge is 0.258 e. The van der Waals surface area contributed by atoms with Gasteiger partial charge in [0.1, 0.15) is 18.1 Å². The molecule has 96 valence electrons. The Kier molecular flexibility index (Phi) is 2.98. The fraction of sp³-hybridized carbons (Fsp3) is 0.385. The number of benzene rings is 1. The number of Topliss-reactive ketones (excluding diaryl/α,β-unsaturated/α-hetero) is 1. The van der Waals surface area contributed by atoms with E-state index < -0.39 is 5.72 Å². The molecule has 0 spiro atoms. The van der Waals surface area contributed by atoms with Gasteiger partial charge < -0.3 is 14.8 Å². The molecule has 1 heterocycles. The van der Waals surface area contributed by atoms with E-state index in [2.05, 4.69) is 5.32 Å². The van der Waals surface area contributed by atoms with Crippen molar-refractivity contribution in [1.82, 2.24) is 5.32 Å². The van der Waals surface area contributed by atoms with Crippen molar-refractivity contribution in [2.45, 2.75) is 26.5 Å². The van der Waals surface area contributed by atoms with Crippen molar-refractivity contribution >= 4 is 11.7 Å². The molecule has 1 aliphatic rings. The lowest BCUT2D eigenvalue weighted by molar-refractivity contribution is -0.118. The van der Waals surface area contributed by atoms with Gasteiger partial charge in [-0.3, -0.25) is 9.59 Å². The lowest BCUT2D eigenvalue weighted by Crippen LogP contribution is -2.51. The maximum atomic E-state index is 11.8. The maximum Gasteiger partial charge on any atom is 0.258 e. The van der Waals surface area contributed by atoms with Crippen LogP contribution < -0.4 is 14.8 Å². The van der Waals surface area contributed by atoms with E-state index in [9.17, 15) is 9.59 Å². The molecule has 1 N–H and O–H groups in total. The zero-order chi connectivity index (χ0) is 13.3. The van der Waals surface area contributed by atoms with E-state index in [0.717, 1.165) is 0 Å². The lowest BCUT2D eigenvalue weighted by atomic mass is 10.1. The Balaban J connectivity index is 2.26. The van der Waals surface area contributed by atoms with Crippen LogP contribution in [0.15, 0.2) is 18.2 Å². The molecule has 5 nitrogen and oxygen atoms in total. The minimum Gasteiger partial charge on any atom is -0.486 e. The Bertz CT molecular complexity index is 508. The van der Waals surface area contributed by atoms with Gasteiger partial charge in [-0.25, -0.2) is 0 Å². The number of rotatable bonds is 3. The average molecular weight is 249 g/mol. The predicted octanol–water partition coefficient (Wildman–Crippen LogP) is 1.51. The first-order valence-electron chi connectivity index (χ1n) is 5.65. The van der Waals surface area contributed by atoms with Crippen LogP contribution in [0.4, 0.5) is 0 Å². The molecule has 0 unspecified atom stereocenters. The topological polar surface area (TPSA) is 64.6 Å². The second-order valence-electron chi connectivity index (χ2n) is 4.72. The largest absolute Gasteiger partial charge is 0.486 e. The first-order chi connectivity index (χ1) is 8.37. The molecular formula is C13H15NO4. The van der Waals surface area contributed by atoms with E-state index in [0.29, 0.717) is 17.1 Å². The number of carbonyl (C=O) groups excluding carboxylic acids is 2. The number of amides is 1. The second kappa shape index (κ2) is 4.33. The van der Waals surface area contributed by atoms with Crippen LogP contribution in [0.1, 0.15) is 31.1 Å². The van der Waals surface area contributed by atoms with Gasteiger partial charge in [0.15, 0.2) is 11.5 Å². The summed E-state index contributed by atoms with van der Waals surface area (Å²) in [5, 5.41) is 2.73. The maximum absolute atomic E-state index is 11.8. The molecule has 1 amide bonds. The van der Waals surface area contributed by atoms with Crippen LogP contribution in [-0.4, -0.2) is 24.0 Å². The summed E-state index contributed by atoms with van der Waals surface area (Å²) in [5.74, 6) is 0.727. The minimum absolute atomic E-state index is 0.00831. The summed E-state index contributed by atoms with van der Waals surface area (Å²) < 4.78 is 10.9. The normalized spacial score (nSPS) is 16.3. The Morgan fingerprint density at radius 2 is 2.17 bits per heavy atom. The van der Waals surface area contributed by atoms with Gasteiger partial charge in [-0.15, -0.1) is 0 Å². The van der Waals surface area contributed by atoms with Crippen molar-refractivity contribution in [3.05, 3.63) is 23.8 Å². The number of fused-ring (bicyclic) bond motifs is 1. The Morgan fingerprint density at radius 1 is 1.44 bits per heavy atom. The molecule has 1 aromatic carbocycles. The third-order valence-electron chi connectivity index (χ3n) is 2.42. The predicted molar refractivity (Wildman–Crippen MR) is 64.8 cm³/mol. The molecule has 0 saturated carbocycles. The first-order valence-corrected chi connectivity index (χ1v) is 5.65. The Morgan fingerprint density at radius 3 is 2.83 bits per heavy atom. The monoisotopic (exact) mass is 249 g/mol. The molecule has 0 aliphatic carbocycles. The summed E-state index contributed by atoms with van der Waals surface area (Å²) in [7, 11) is 0. The molecule has 1 aromatic rings. The van der Waals surface area contributed by atoms with Crippen LogP contribution in [0.5, 0.6) is 11.5 Å². The Hall–Kier alpha value is -2.04. The fourth-order valence-corrected chi connectivity index (χ4v) is 1.69. The molecule has 0 aromatic heterocycles. The van der Waals surface area contributed by atoms with Crippen LogP contribution in [-0.2, 0) is 4.79 Å². The lowest BCUT2D eigenvalue weighted by Gasteiger charge is -2.33.